The van der Waals surface area contributed by atoms with Crippen LogP contribution in [0.15, 0.2) is 18.2 Å². The molecule has 1 rings (SSSR count). The number of carbonyl (C=O) groups is 1. The molecule has 0 saturated heterocycles. The number of hydrogen-bond acceptors (Lipinski definition) is 1. The molecule has 0 aliphatic rings. The smallest absolute Gasteiger partial charge is 0.352 e. The number of alkyl halides is 3. The average molecular weight is 361 g/mol. The van der Waals surface area contributed by atoms with E-state index in [1.165, 1.54) is 32.1 Å². The molecule has 142 valence electrons. The van der Waals surface area contributed by atoms with Crippen LogP contribution in [0, 0.1) is 5.82 Å². The molecule has 1 N–H and O–H groups in total. The lowest BCUT2D eigenvalue weighted by Crippen LogP contribution is -2.27. The largest absolute Gasteiger partial charge is 0.417 e. The van der Waals surface area contributed by atoms with Gasteiger partial charge in [-0.2, -0.15) is 13.2 Å². The highest BCUT2D eigenvalue weighted by Crippen LogP contribution is 2.32. The van der Waals surface area contributed by atoms with Crippen LogP contribution < -0.4 is 5.32 Å². The number of hydrogen-bond donors (Lipinski definition) is 1. The minimum Gasteiger partial charge on any atom is -0.352 e. The molecule has 0 saturated carbocycles. The van der Waals surface area contributed by atoms with E-state index >= 15 is 0 Å². The zero-order valence-electron chi connectivity index (χ0n) is 14.7. The van der Waals surface area contributed by atoms with Crippen molar-refractivity contribution in [3.63, 3.8) is 0 Å². The van der Waals surface area contributed by atoms with Crippen molar-refractivity contribution in [2.24, 2.45) is 0 Å². The highest BCUT2D eigenvalue weighted by molar-refractivity contribution is 5.95. The molecule has 0 spiro atoms. The standard InChI is InChI=1S/C19H27F4NO/c1-2-3-4-5-6-7-8-9-10-13-24-18(25)16-14-15(20)11-12-17(16)19(21,22)23/h11-12,14H,2-10,13H2,1H3,(H,24,25). The van der Waals surface area contributed by atoms with Crippen LogP contribution >= 0.6 is 0 Å². The van der Waals surface area contributed by atoms with E-state index in [0.717, 1.165) is 19.3 Å². The Hall–Kier alpha value is -1.59. The van der Waals surface area contributed by atoms with E-state index in [-0.39, 0.29) is 0 Å². The van der Waals surface area contributed by atoms with E-state index in [2.05, 4.69) is 12.2 Å². The molecule has 1 aromatic carbocycles. The van der Waals surface area contributed by atoms with Crippen LogP contribution in [0.5, 0.6) is 0 Å². The van der Waals surface area contributed by atoms with Crippen molar-refractivity contribution >= 4 is 5.91 Å². The van der Waals surface area contributed by atoms with Gasteiger partial charge in [0.15, 0.2) is 0 Å². The summed E-state index contributed by atoms with van der Waals surface area (Å²) in [6.07, 6.45) is 5.33. The quantitative estimate of drug-likeness (QED) is 0.374. The molecule has 0 aliphatic carbocycles. The molecule has 0 radical (unpaired) electrons. The van der Waals surface area contributed by atoms with E-state index in [4.69, 9.17) is 0 Å². The second-order valence-corrected chi connectivity index (χ2v) is 6.27. The van der Waals surface area contributed by atoms with Crippen LogP contribution in [-0.4, -0.2) is 12.5 Å². The van der Waals surface area contributed by atoms with Crippen molar-refractivity contribution in [3.8, 4) is 0 Å². The number of nitrogens with one attached hydrogen (secondary N) is 1. The summed E-state index contributed by atoms with van der Waals surface area (Å²) in [7, 11) is 0. The van der Waals surface area contributed by atoms with Crippen LogP contribution in [0.3, 0.4) is 0 Å². The van der Waals surface area contributed by atoms with Gasteiger partial charge in [0.1, 0.15) is 5.82 Å². The van der Waals surface area contributed by atoms with Gasteiger partial charge in [0.05, 0.1) is 11.1 Å². The minimum absolute atomic E-state index is 0.294. The molecule has 0 aliphatic heterocycles. The first-order valence-electron chi connectivity index (χ1n) is 9.01. The first-order valence-corrected chi connectivity index (χ1v) is 9.01. The lowest BCUT2D eigenvalue weighted by atomic mass is 10.1. The summed E-state index contributed by atoms with van der Waals surface area (Å²) in [4.78, 5) is 11.9. The molecule has 0 unspecified atom stereocenters. The number of carbonyl (C=O) groups excluding carboxylic acids is 1. The predicted octanol–water partition coefficient (Wildman–Crippen LogP) is 6.11. The SMILES string of the molecule is CCCCCCCCCCCNC(=O)c1cc(F)ccc1C(F)(F)F. The fraction of sp³-hybridized carbons (Fsp3) is 0.632. The van der Waals surface area contributed by atoms with Crippen molar-refractivity contribution in [1.29, 1.82) is 0 Å². The van der Waals surface area contributed by atoms with Gasteiger partial charge in [-0.15, -0.1) is 0 Å². The Morgan fingerprint density at radius 3 is 2.08 bits per heavy atom. The fourth-order valence-corrected chi connectivity index (χ4v) is 2.68. The molecule has 1 aromatic rings. The Kier molecular flexibility index (Phi) is 9.53. The Bertz CT molecular complexity index is 529. The zero-order valence-corrected chi connectivity index (χ0v) is 14.7. The molecule has 0 bridgehead atoms. The molecular weight excluding hydrogens is 334 g/mol. The first kappa shape index (κ1) is 21.5. The second-order valence-electron chi connectivity index (χ2n) is 6.27. The highest BCUT2D eigenvalue weighted by atomic mass is 19.4. The number of benzene rings is 1. The van der Waals surface area contributed by atoms with Gasteiger partial charge in [-0.05, 0) is 24.6 Å². The normalized spacial score (nSPS) is 11.6. The monoisotopic (exact) mass is 361 g/mol. The van der Waals surface area contributed by atoms with Crippen LogP contribution in [0.1, 0.15) is 80.6 Å². The molecule has 0 aromatic heterocycles. The third-order valence-electron chi connectivity index (χ3n) is 4.10. The number of halogens is 4. The van der Waals surface area contributed by atoms with Crippen molar-refractivity contribution in [2.75, 3.05) is 6.54 Å². The summed E-state index contributed by atoms with van der Waals surface area (Å²) in [5, 5.41) is 2.45. The van der Waals surface area contributed by atoms with E-state index < -0.39 is 29.0 Å². The van der Waals surface area contributed by atoms with E-state index in [1.807, 2.05) is 0 Å². The molecule has 25 heavy (non-hydrogen) atoms. The topological polar surface area (TPSA) is 29.1 Å². The van der Waals surface area contributed by atoms with E-state index in [9.17, 15) is 22.4 Å². The number of rotatable bonds is 11. The number of unbranched alkanes of at least 4 members (excludes halogenated alkanes) is 8. The van der Waals surface area contributed by atoms with Crippen molar-refractivity contribution in [1.82, 2.24) is 5.32 Å². The van der Waals surface area contributed by atoms with Crippen LogP contribution in [0.2, 0.25) is 0 Å². The lowest BCUT2D eigenvalue weighted by Gasteiger charge is -2.13. The van der Waals surface area contributed by atoms with E-state index in [0.29, 0.717) is 31.2 Å². The van der Waals surface area contributed by atoms with Gasteiger partial charge in [0.2, 0.25) is 0 Å². The lowest BCUT2D eigenvalue weighted by molar-refractivity contribution is -0.138. The van der Waals surface area contributed by atoms with Crippen molar-refractivity contribution < 1.29 is 22.4 Å². The molecule has 1 amide bonds. The van der Waals surface area contributed by atoms with Gasteiger partial charge in [-0.3, -0.25) is 4.79 Å². The maximum atomic E-state index is 13.2. The van der Waals surface area contributed by atoms with Gasteiger partial charge < -0.3 is 5.32 Å². The fourth-order valence-electron chi connectivity index (χ4n) is 2.68. The zero-order chi connectivity index (χ0) is 18.7. The second kappa shape index (κ2) is 11.1. The van der Waals surface area contributed by atoms with Crippen LogP contribution in [0.25, 0.3) is 0 Å². The van der Waals surface area contributed by atoms with Gasteiger partial charge in [0.25, 0.3) is 5.91 Å². The predicted molar refractivity (Wildman–Crippen MR) is 91.0 cm³/mol. The molecular formula is C19H27F4NO. The molecule has 6 heteroatoms. The maximum Gasteiger partial charge on any atom is 0.417 e. The first-order chi connectivity index (χ1) is 11.9. The summed E-state index contributed by atoms with van der Waals surface area (Å²) in [5.41, 5.74) is -1.78. The van der Waals surface area contributed by atoms with Gasteiger partial charge in [-0.1, -0.05) is 58.3 Å². The van der Waals surface area contributed by atoms with Gasteiger partial charge in [-0.25, -0.2) is 4.39 Å². The highest BCUT2D eigenvalue weighted by Gasteiger charge is 2.35. The Labute approximate surface area is 147 Å². The summed E-state index contributed by atoms with van der Waals surface area (Å²) < 4.78 is 51.8. The molecule has 0 heterocycles. The van der Waals surface area contributed by atoms with Crippen molar-refractivity contribution in [3.05, 3.63) is 35.1 Å². The Balaban J connectivity index is 2.30. The van der Waals surface area contributed by atoms with Crippen molar-refractivity contribution in [2.45, 2.75) is 70.9 Å². The Morgan fingerprint density at radius 2 is 1.52 bits per heavy atom. The molecule has 2 nitrogen and oxygen atoms in total. The Morgan fingerprint density at radius 1 is 0.960 bits per heavy atom. The third kappa shape index (κ3) is 8.36. The summed E-state index contributed by atoms with van der Waals surface area (Å²) in [6, 6.07) is 1.94. The maximum absolute atomic E-state index is 13.2. The minimum atomic E-state index is -4.68. The molecule has 0 atom stereocenters. The third-order valence-corrected chi connectivity index (χ3v) is 4.10. The molecule has 0 fully saturated rings. The van der Waals surface area contributed by atoms with Crippen LogP contribution in [-0.2, 0) is 6.18 Å². The van der Waals surface area contributed by atoms with Gasteiger partial charge >= 0.3 is 6.18 Å². The van der Waals surface area contributed by atoms with E-state index in [1.54, 1.807) is 0 Å². The number of amides is 1. The summed E-state index contributed by atoms with van der Waals surface area (Å²) in [5.74, 6) is -1.74. The van der Waals surface area contributed by atoms with Gasteiger partial charge in [0, 0.05) is 6.54 Å². The summed E-state index contributed by atoms with van der Waals surface area (Å²) >= 11 is 0. The summed E-state index contributed by atoms with van der Waals surface area (Å²) in [6.45, 7) is 2.47. The van der Waals surface area contributed by atoms with Crippen LogP contribution in [0.4, 0.5) is 17.6 Å². The average Bonchev–Trinajstić information content (AvgIpc) is 2.55.